The second-order valence-corrected chi connectivity index (χ2v) is 13.0. The van der Waals surface area contributed by atoms with Crippen molar-refractivity contribution in [2.24, 2.45) is 0 Å². The first-order valence-electron chi connectivity index (χ1n) is 10.1. The number of hydrogen-bond acceptors (Lipinski definition) is 9. The Morgan fingerprint density at radius 3 is 2.62 bits per heavy atom. The van der Waals surface area contributed by atoms with E-state index in [2.05, 4.69) is 15.3 Å². The summed E-state index contributed by atoms with van der Waals surface area (Å²) in [6.45, 7) is 0. The molecule has 2 fully saturated rings. The van der Waals surface area contributed by atoms with E-state index in [0.29, 0.717) is 5.39 Å². The maximum absolute atomic E-state index is 13.6. The molecule has 190 valence electrons. The van der Waals surface area contributed by atoms with Crippen molar-refractivity contribution in [2.75, 3.05) is 16.6 Å². The second-order valence-electron chi connectivity index (χ2n) is 8.49. The normalized spacial score (nSPS) is 29.7. The SMILES string of the molecule is O=P(O)(O)CS(=O)(=O)C[C@H]1O[C@@H](n2ccc3c(NC4CCC(F)(F)C4)nc(Cl)nc32)[C@H](O)[C@@H]1O. The van der Waals surface area contributed by atoms with E-state index in [0.717, 1.165) is 0 Å². The number of aliphatic hydroxyl groups excluding tert-OH is 2. The van der Waals surface area contributed by atoms with Crippen LogP contribution in [-0.4, -0.2) is 84.5 Å². The van der Waals surface area contributed by atoms with Crippen molar-refractivity contribution in [3.05, 3.63) is 17.5 Å². The summed E-state index contributed by atoms with van der Waals surface area (Å²) in [5.74, 6) is -3.54. The predicted octanol–water partition coefficient (Wildman–Crippen LogP) is 0.854. The number of halogens is 3. The molecule has 4 rings (SSSR count). The average molecular weight is 547 g/mol. The molecule has 0 radical (unpaired) electrons. The van der Waals surface area contributed by atoms with Gasteiger partial charge in [-0.3, -0.25) is 4.57 Å². The van der Waals surface area contributed by atoms with Gasteiger partial charge in [-0.2, -0.15) is 4.98 Å². The molecule has 2 aromatic heterocycles. The Morgan fingerprint density at radius 2 is 2.00 bits per heavy atom. The van der Waals surface area contributed by atoms with Gasteiger partial charge in [-0.15, -0.1) is 0 Å². The first-order valence-corrected chi connectivity index (χ1v) is 14.1. The van der Waals surface area contributed by atoms with Crippen LogP contribution >= 0.6 is 19.2 Å². The van der Waals surface area contributed by atoms with E-state index in [9.17, 15) is 32.0 Å². The number of fused-ring (bicyclic) bond motifs is 1. The molecule has 1 aliphatic heterocycles. The second kappa shape index (κ2) is 8.89. The predicted molar refractivity (Wildman–Crippen MR) is 115 cm³/mol. The lowest BCUT2D eigenvalue weighted by Gasteiger charge is -2.18. The zero-order chi connectivity index (χ0) is 25.1. The molecule has 1 unspecified atom stereocenters. The van der Waals surface area contributed by atoms with Crippen molar-refractivity contribution in [2.45, 2.75) is 55.8 Å². The molecule has 2 aromatic rings. The zero-order valence-corrected chi connectivity index (χ0v) is 19.8. The lowest BCUT2D eigenvalue weighted by atomic mass is 10.1. The standard InChI is InChI=1S/C17H22ClF2N4O8PS/c18-16-22-13(21-8-1-3-17(19,20)5-8)9-2-4-24(14(9)23-16)15-12(26)11(25)10(32-15)6-34(30,31)7-33(27,28)29/h2,4,8,10-12,15,25-26H,1,3,5-7H2,(H,21,22,23)(H2,27,28,29)/t8?,10-,11-,12-,15-/m1/s1. The Kier molecular flexibility index (Phi) is 6.70. The highest BCUT2D eigenvalue weighted by Crippen LogP contribution is 2.40. The number of rotatable bonds is 7. The van der Waals surface area contributed by atoms with E-state index in [1.54, 1.807) is 0 Å². The Balaban J connectivity index is 1.59. The molecule has 0 spiro atoms. The molecule has 2 aliphatic rings. The van der Waals surface area contributed by atoms with Crippen LogP contribution in [0.5, 0.6) is 0 Å². The van der Waals surface area contributed by atoms with Crippen LogP contribution in [0.2, 0.25) is 5.28 Å². The number of nitrogens with zero attached hydrogens (tertiary/aromatic N) is 3. The van der Waals surface area contributed by atoms with E-state index in [1.165, 1.54) is 16.8 Å². The van der Waals surface area contributed by atoms with Crippen LogP contribution in [0.25, 0.3) is 11.0 Å². The fraction of sp³-hybridized carbons (Fsp3) is 0.647. The molecule has 12 nitrogen and oxygen atoms in total. The Morgan fingerprint density at radius 1 is 1.29 bits per heavy atom. The van der Waals surface area contributed by atoms with E-state index < -0.39 is 65.2 Å². The summed E-state index contributed by atoms with van der Waals surface area (Å²) < 4.78 is 69.2. The third kappa shape index (κ3) is 5.51. The van der Waals surface area contributed by atoms with Crippen LogP contribution in [0, 0.1) is 0 Å². The highest BCUT2D eigenvalue weighted by Gasteiger charge is 2.46. The molecule has 1 saturated heterocycles. The van der Waals surface area contributed by atoms with Crippen molar-refractivity contribution in [1.82, 2.24) is 14.5 Å². The molecular weight excluding hydrogens is 525 g/mol. The summed E-state index contributed by atoms with van der Waals surface area (Å²) in [5, 5.41) is 23.9. The third-order valence-corrected chi connectivity index (χ3v) is 9.61. The quantitative estimate of drug-likeness (QED) is 0.245. The number of sulfone groups is 1. The average Bonchev–Trinajstić information content (AvgIpc) is 3.31. The van der Waals surface area contributed by atoms with Gasteiger partial charge in [-0.1, -0.05) is 0 Å². The number of nitrogens with one attached hydrogen (secondary N) is 1. The Labute approximate surface area is 197 Å². The van der Waals surface area contributed by atoms with Crippen LogP contribution in [0.3, 0.4) is 0 Å². The Bertz CT molecular complexity index is 1240. The summed E-state index contributed by atoms with van der Waals surface area (Å²) in [4.78, 5) is 26.0. The summed E-state index contributed by atoms with van der Waals surface area (Å²) in [6, 6.07) is 0.966. The van der Waals surface area contributed by atoms with Gasteiger partial charge >= 0.3 is 7.60 Å². The van der Waals surface area contributed by atoms with Crippen molar-refractivity contribution in [1.29, 1.82) is 0 Å². The van der Waals surface area contributed by atoms with Crippen LogP contribution in [0.15, 0.2) is 12.3 Å². The first-order chi connectivity index (χ1) is 15.6. The van der Waals surface area contributed by atoms with E-state index in [1.807, 2.05) is 0 Å². The molecule has 5 N–H and O–H groups in total. The van der Waals surface area contributed by atoms with E-state index >= 15 is 0 Å². The summed E-state index contributed by atoms with van der Waals surface area (Å²) in [7, 11) is -9.22. The van der Waals surface area contributed by atoms with Crippen molar-refractivity contribution >= 4 is 45.9 Å². The maximum atomic E-state index is 13.6. The highest BCUT2D eigenvalue weighted by atomic mass is 35.5. The highest BCUT2D eigenvalue weighted by molar-refractivity contribution is 7.97. The van der Waals surface area contributed by atoms with Crippen molar-refractivity contribution in [3.63, 3.8) is 0 Å². The molecule has 0 amide bonds. The Hall–Kier alpha value is -1.45. The van der Waals surface area contributed by atoms with Gasteiger partial charge in [0.1, 0.15) is 29.8 Å². The molecule has 5 atom stereocenters. The molecule has 0 aromatic carbocycles. The van der Waals surface area contributed by atoms with Crippen LogP contribution in [0.1, 0.15) is 25.5 Å². The maximum Gasteiger partial charge on any atom is 0.340 e. The van der Waals surface area contributed by atoms with Crippen LogP contribution in [0.4, 0.5) is 14.6 Å². The number of ether oxygens (including phenoxy) is 1. The molecule has 1 saturated carbocycles. The van der Waals surface area contributed by atoms with Crippen molar-refractivity contribution in [3.8, 4) is 0 Å². The van der Waals surface area contributed by atoms with E-state index in [4.69, 9.17) is 26.1 Å². The zero-order valence-electron chi connectivity index (χ0n) is 17.3. The molecule has 0 bridgehead atoms. The fourth-order valence-corrected chi connectivity index (χ4v) is 7.66. The van der Waals surface area contributed by atoms with Gasteiger partial charge in [0.05, 0.1) is 11.1 Å². The minimum absolute atomic E-state index is 0.127. The largest absolute Gasteiger partial charge is 0.387 e. The number of hydrogen-bond donors (Lipinski definition) is 5. The molecule has 17 heteroatoms. The van der Waals surface area contributed by atoms with Crippen LogP contribution in [-0.2, 0) is 19.1 Å². The van der Waals surface area contributed by atoms with Crippen molar-refractivity contribution < 1.29 is 46.5 Å². The number of anilines is 1. The third-order valence-electron chi connectivity index (χ3n) is 5.68. The molecule has 34 heavy (non-hydrogen) atoms. The number of aliphatic hydroxyl groups is 2. The smallest absolute Gasteiger partial charge is 0.340 e. The summed E-state index contributed by atoms with van der Waals surface area (Å²) >= 11 is 6.01. The van der Waals surface area contributed by atoms with Gasteiger partial charge in [-0.05, 0) is 24.1 Å². The molecule has 1 aliphatic carbocycles. The number of alkyl halides is 2. The summed E-state index contributed by atoms with van der Waals surface area (Å²) in [6.07, 6.45) is -5.12. The van der Waals surface area contributed by atoms with Crippen LogP contribution < -0.4 is 5.32 Å². The van der Waals surface area contributed by atoms with Gasteiger partial charge < -0.3 is 34.6 Å². The number of aromatic nitrogens is 3. The first kappa shape index (κ1) is 25.6. The van der Waals surface area contributed by atoms with Gasteiger partial charge in [0, 0.05) is 25.1 Å². The molecule has 3 heterocycles. The van der Waals surface area contributed by atoms with Gasteiger partial charge in [0.15, 0.2) is 21.6 Å². The lowest BCUT2D eigenvalue weighted by molar-refractivity contribution is -0.0288. The fourth-order valence-electron chi connectivity index (χ4n) is 4.24. The summed E-state index contributed by atoms with van der Waals surface area (Å²) in [5.41, 5.74) is -1.31. The van der Waals surface area contributed by atoms with Gasteiger partial charge in [0.25, 0.3) is 0 Å². The lowest BCUT2D eigenvalue weighted by Crippen LogP contribution is -2.35. The monoisotopic (exact) mass is 546 g/mol. The van der Waals surface area contributed by atoms with Gasteiger partial charge in [0.2, 0.25) is 11.2 Å². The minimum Gasteiger partial charge on any atom is -0.387 e. The minimum atomic E-state index is -4.89. The van der Waals surface area contributed by atoms with Gasteiger partial charge in [-0.25, -0.2) is 22.2 Å². The molecular formula is C17H22ClF2N4O8PS. The topological polar surface area (TPSA) is 184 Å². The van der Waals surface area contributed by atoms with E-state index in [-0.39, 0.29) is 36.0 Å².